The highest BCUT2D eigenvalue weighted by atomic mass is 17.1. The summed E-state index contributed by atoms with van der Waals surface area (Å²) < 4.78 is 14.0. The molecule has 0 amide bonds. The van der Waals surface area contributed by atoms with Crippen molar-refractivity contribution in [3.63, 3.8) is 0 Å². The molecule has 0 bridgehead atoms. The van der Waals surface area contributed by atoms with E-state index in [2.05, 4.69) is 9.62 Å². The Hall–Kier alpha value is -1.54. The highest BCUT2D eigenvalue weighted by Crippen LogP contribution is 2.32. The number of carbonyl (C=O) groups excluding carboxylic acids is 2. The fourth-order valence-electron chi connectivity index (χ4n) is 2.62. The van der Waals surface area contributed by atoms with Gasteiger partial charge in [0.15, 0.2) is 6.79 Å². The average molecular weight is 306 g/mol. The summed E-state index contributed by atoms with van der Waals surface area (Å²) >= 11 is 0. The van der Waals surface area contributed by atoms with Crippen molar-refractivity contribution in [2.24, 2.45) is 11.8 Å². The molecule has 1 aliphatic carbocycles. The fraction of sp³-hybridized carbons (Fsp3) is 0.846. The van der Waals surface area contributed by atoms with E-state index in [-0.39, 0.29) is 18.6 Å². The van der Waals surface area contributed by atoms with Crippen LogP contribution in [0.15, 0.2) is 0 Å². The van der Waals surface area contributed by atoms with Gasteiger partial charge in [0.05, 0.1) is 6.61 Å². The zero-order valence-corrected chi connectivity index (χ0v) is 12.0. The van der Waals surface area contributed by atoms with E-state index in [1.54, 1.807) is 6.92 Å². The molecular weight excluding hydrogens is 284 g/mol. The van der Waals surface area contributed by atoms with Crippen LogP contribution in [0.25, 0.3) is 0 Å². The Morgan fingerprint density at radius 1 is 1.10 bits per heavy atom. The van der Waals surface area contributed by atoms with Gasteiger partial charge in [-0.3, -0.25) is 4.89 Å². The fourth-order valence-corrected chi connectivity index (χ4v) is 2.62. The standard InChI is InChI=1S/C13H22O8/c1-9(20-13(16)21-17)6-10-2-4-11(5-3-10)7-18-12(15)19-8-14/h9-11,14,17H,2-8H2,1H3. The maximum absolute atomic E-state index is 10.9. The number of hydrogen-bond acceptors (Lipinski definition) is 8. The molecule has 1 fully saturated rings. The van der Waals surface area contributed by atoms with Crippen LogP contribution in [-0.4, -0.2) is 42.2 Å². The Kier molecular flexibility index (Phi) is 7.84. The third-order valence-corrected chi connectivity index (χ3v) is 3.62. The molecule has 8 nitrogen and oxygen atoms in total. The molecule has 21 heavy (non-hydrogen) atoms. The van der Waals surface area contributed by atoms with Crippen molar-refractivity contribution >= 4 is 12.3 Å². The normalized spacial score (nSPS) is 23.0. The number of carbonyl (C=O) groups is 2. The summed E-state index contributed by atoms with van der Waals surface area (Å²) in [6.45, 7) is 1.35. The van der Waals surface area contributed by atoms with Crippen LogP contribution >= 0.6 is 0 Å². The minimum absolute atomic E-state index is 0.283. The molecule has 1 unspecified atom stereocenters. The van der Waals surface area contributed by atoms with Crippen molar-refractivity contribution in [1.82, 2.24) is 0 Å². The van der Waals surface area contributed by atoms with Gasteiger partial charge >= 0.3 is 12.3 Å². The molecule has 0 aromatic heterocycles. The second-order valence-electron chi connectivity index (χ2n) is 5.23. The molecule has 0 aromatic rings. The van der Waals surface area contributed by atoms with Crippen LogP contribution in [0.5, 0.6) is 0 Å². The summed E-state index contributed by atoms with van der Waals surface area (Å²) in [6, 6.07) is 0. The van der Waals surface area contributed by atoms with E-state index in [0.717, 1.165) is 25.7 Å². The maximum Gasteiger partial charge on any atom is 0.540 e. The monoisotopic (exact) mass is 306 g/mol. The van der Waals surface area contributed by atoms with E-state index in [1.807, 2.05) is 0 Å². The molecule has 1 rings (SSSR count). The second kappa shape index (κ2) is 9.41. The minimum Gasteiger partial charge on any atom is -0.434 e. The molecule has 0 aromatic carbocycles. The van der Waals surface area contributed by atoms with Gasteiger partial charge in [-0.1, -0.05) is 0 Å². The quantitative estimate of drug-likeness (QED) is 0.333. The first-order chi connectivity index (χ1) is 10.0. The van der Waals surface area contributed by atoms with Crippen LogP contribution in [0.1, 0.15) is 39.0 Å². The summed E-state index contributed by atoms with van der Waals surface area (Å²) in [7, 11) is 0. The van der Waals surface area contributed by atoms with Crippen molar-refractivity contribution < 1.29 is 39.1 Å². The topological polar surface area (TPSA) is 112 Å². The summed E-state index contributed by atoms with van der Waals surface area (Å²) in [5.41, 5.74) is 0. The molecule has 122 valence electrons. The molecule has 0 saturated heterocycles. The Labute approximate surface area is 122 Å². The maximum atomic E-state index is 10.9. The number of ether oxygens (including phenoxy) is 3. The van der Waals surface area contributed by atoms with Crippen LogP contribution in [0.2, 0.25) is 0 Å². The first-order valence-corrected chi connectivity index (χ1v) is 6.97. The van der Waals surface area contributed by atoms with E-state index in [1.165, 1.54) is 0 Å². The van der Waals surface area contributed by atoms with Gasteiger partial charge in [-0.25, -0.2) is 9.59 Å². The van der Waals surface area contributed by atoms with Crippen molar-refractivity contribution in [3.8, 4) is 0 Å². The van der Waals surface area contributed by atoms with Gasteiger partial charge in [0.25, 0.3) is 0 Å². The number of hydrogen-bond donors (Lipinski definition) is 2. The summed E-state index contributed by atoms with van der Waals surface area (Å²) in [6.07, 6.45) is 2.16. The van der Waals surface area contributed by atoms with E-state index < -0.39 is 19.1 Å². The second-order valence-corrected chi connectivity index (χ2v) is 5.23. The zero-order chi connectivity index (χ0) is 15.7. The Morgan fingerprint density at radius 3 is 2.29 bits per heavy atom. The van der Waals surface area contributed by atoms with Gasteiger partial charge in [-0.15, -0.1) is 0 Å². The molecule has 0 heterocycles. The molecule has 8 heteroatoms. The van der Waals surface area contributed by atoms with E-state index in [4.69, 9.17) is 19.8 Å². The summed E-state index contributed by atoms with van der Waals surface area (Å²) in [4.78, 5) is 25.1. The molecule has 0 aliphatic heterocycles. The molecule has 2 N–H and O–H groups in total. The predicted molar refractivity (Wildman–Crippen MR) is 69.2 cm³/mol. The number of aliphatic hydroxyl groups excluding tert-OH is 1. The van der Waals surface area contributed by atoms with Crippen LogP contribution in [0, 0.1) is 11.8 Å². The third-order valence-electron chi connectivity index (χ3n) is 3.62. The average Bonchev–Trinajstić information content (AvgIpc) is 2.46. The minimum atomic E-state index is -1.09. The SMILES string of the molecule is CC(CC1CCC(COC(=O)OCO)CC1)OC(=O)OO. The molecule has 1 saturated carbocycles. The Morgan fingerprint density at radius 2 is 1.71 bits per heavy atom. The number of rotatable bonds is 6. The van der Waals surface area contributed by atoms with Crippen LogP contribution in [-0.2, 0) is 19.1 Å². The molecule has 1 atom stereocenters. The molecular formula is C13H22O8. The van der Waals surface area contributed by atoms with E-state index >= 15 is 0 Å². The lowest BCUT2D eigenvalue weighted by Crippen LogP contribution is -2.24. The van der Waals surface area contributed by atoms with Gasteiger partial charge < -0.3 is 19.3 Å². The lowest BCUT2D eigenvalue weighted by Gasteiger charge is -2.29. The van der Waals surface area contributed by atoms with Crippen molar-refractivity contribution in [1.29, 1.82) is 0 Å². The van der Waals surface area contributed by atoms with E-state index in [0.29, 0.717) is 12.3 Å². The molecule has 0 spiro atoms. The summed E-state index contributed by atoms with van der Waals surface area (Å²) in [5, 5.41) is 16.5. The van der Waals surface area contributed by atoms with Gasteiger partial charge in [-0.05, 0) is 50.9 Å². The Bertz CT molecular complexity index is 324. The lowest BCUT2D eigenvalue weighted by molar-refractivity contribution is -0.205. The van der Waals surface area contributed by atoms with Crippen molar-refractivity contribution in [3.05, 3.63) is 0 Å². The van der Waals surface area contributed by atoms with Crippen LogP contribution < -0.4 is 0 Å². The predicted octanol–water partition coefficient (Wildman–Crippen LogP) is 2.30. The number of aliphatic hydroxyl groups is 1. The smallest absolute Gasteiger partial charge is 0.434 e. The molecule has 0 radical (unpaired) electrons. The van der Waals surface area contributed by atoms with Crippen LogP contribution in [0.3, 0.4) is 0 Å². The van der Waals surface area contributed by atoms with Gasteiger partial charge in [0, 0.05) is 0 Å². The highest BCUT2D eigenvalue weighted by molar-refractivity contribution is 5.59. The van der Waals surface area contributed by atoms with E-state index in [9.17, 15) is 9.59 Å². The first kappa shape index (κ1) is 17.5. The van der Waals surface area contributed by atoms with Gasteiger partial charge in [-0.2, -0.15) is 5.26 Å². The third kappa shape index (κ3) is 7.14. The zero-order valence-electron chi connectivity index (χ0n) is 12.0. The Balaban J connectivity index is 2.17. The lowest BCUT2D eigenvalue weighted by atomic mass is 9.80. The molecule has 1 aliphatic rings. The van der Waals surface area contributed by atoms with Crippen molar-refractivity contribution in [2.75, 3.05) is 13.4 Å². The van der Waals surface area contributed by atoms with Gasteiger partial charge in [0.1, 0.15) is 6.10 Å². The highest BCUT2D eigenvalue weighted by Gasteiger charge is 2.25. The van der Waals surface area contributed by atoms with Crippen molar-refractivity contribution in [2.45, 2.75) is 45.1 Å². The first-order valence-electron chi connectivity index (χ1n) is 6.97. The van der Waals surface area contributed by atoms with Crippen LogP contribution in [0.4, 0.5) is 9.59 Å². The largest absolute Gasteiger partial charge is 0.540 e. The van der Waals surface area contributed by atoms with Gasteiger partial charge in [0.2, 0.25) is 0 Å². The summed E-state index contributed by atoms with van der Waals surface area (Å²) in [5.74, 6) is 0.707.